The first-order valence-electron chi connectivity index (χ1n) is 14.1. The predicted octanol–water partition coefficient (Wildman–Crippen LogP) is 6.50. The van der Waals surface area contributed by atoms with Gasteiger partial charge in [0.15, 0.2) is 5.78 Å². The molecule has 1 aliphatic rings. The lowest BCUT2D eigenvalue weighted by molar-refractivity contribution is -0.159. The lowest BCUT2D eigenvalue weighted by Crippen LogP contribution is -2.50. The number of Topliss-reactive ketones (excluding diaryl/α,β-unsaturated/α-hetero) is 1. The fraction of sp³-hybridized carbons (Fsp3) is 0.471. The van der Waals surface area contributed by atoms with Crippen molar-refractivity contribution >= 4 is 27.7 Å². The summed E-state index contributed by atoms with van der Waals surface area (Å²) < 4.78 is 18.3. The zero-order chi connectivity index (χ0) is 30.0. The molecule has 1 N–H and O–H groups in total. The van der Waals surface area contributed by atoms with Gasteiger partial charge in [-0.15, -0.1) is 0 Å². The molecule has 1 aliphatic heterocycles. The molecule has 2 aromatic carbocycles. The van der Waals surface area contributed by atoms with Crippen LogP contribution in [0.3, 0.4) is 0 Å². The van der Waals surface area contributed by atoms with E-state index in [1.807, 2.05) is 81.4 Å². The van der Waals surface area contributed by atoms with E-state index < -0.39 is 46.4 Å². The summed E-state index contributed by atoms with van der Waals surface area (Å²) in [7, 11) is 0. The summed E-state index contributed by atoms with van der Waals surface area (Å²) in [5, 5.41) is 11.5. The van der Waals surface area contributed by atoms with Crippen LogP contribution in [-0.4, -0.2) is 45.6 Å². The minimum absolute atomic E-state index is 0.121. The number of hydrogen-bond acceptors (Lipinski definition) is 6. The molecule has 7 heteroatoms. The van der Waals surface area contributed by atoms with Crippen LogP contribution in [0.15, 0.2) is 83.8 Å². The first-order chi connectivity index (χ1) is 19.5. The summed E-state index contributed by atoms with van der Waals surface area (Å²) in [5.41, 5.74) is 7.09. The van der Waals surface area contributed by atoms with Crippen molar-refractivity contribution in [3.8, 4) is 0 Å². The molecule has 41 heavy (non-hydrogen) atoms. The number of alkyl halides is 1. The van der Waals surface area contributed by atoms with Gasteiger partial charge >= 0.3 is 5.97 Å². The van der Waals surface area contributed by atoms with Gasteiger partial charge in [0, 0.05) is 5.57 Å². The van der Waals surface area contributed by atoms with Gasteiger partial charge in [-0.1, -0.05) is 102 Å². The summed E-state index contributed by atoms with van der Waals surface area (Å²) in [5.74, 6) is -2.02. The van der Waals surface area contributed by atoms with Crippen LogP contribution in [0.5, 0.6) is 0 Å². The highest BCUT2D eigenvalue weighted by Crippen LogP contribution is 2.31. The molecule has 220 valence electrons. The summed E-state index contributed by atoms with van der Waals surface area (Å²) in [6.45, 7) is 9.44. The van der Waals surface area contributed by atoms with Crippen LogP contribution in [0.4, 0.5) is 0 Å². The first kappa shape index (κ1) is 32.8. The van der Waals surface area contributed by atoms with E-state index in [1.54, 1.807) is 13.0 Å². The Hall–Kier alpha value is -2.76. The monoisotopic (exact) mass is 624 g/mol. The van der Waals surface area contributed by atoms with E-state index in [1.165, 1.54) is 6.92 Å². The molecule has 2 aromatic rings. The van der Waals surface area contributed by atoms with Crippen LogP contribution >= 0.6 is 15.9 Å². The van der Waals surface area contributed by atoms with Crippen molar-refractivity contribution in [2.75, 3.05) is 0 Å². The smallest absolute Gasteiger partial charge is 0.311 e. The number of halogens is 1. The van der Waals surface area contributed by atoms with E-state index in [0.29, 0.717) is 18.6 Å². The molecule has 0 aliphatic carbocycles. The Morgan fingerprint density at radius 1 is 1.00 bits per heavy atom. The van der Waals surface area contributed by atoms with Gasteiger partial charge in [0.2, 0.25) is 0 Å². The van der Waals surface area contributed by atoms with Crippen molar-refractivity contribution < 1.29 is 28.9 Å². The number of ether oxygens (including phenoxy) is 3. The Balaban J connectivity index is 1.97. The Kier molecular flexibility index (Phi) is 12.4. The average molecular weight is 626 g/mol. The van der Waals surface area contributed by atoms with Gasteiger partial charge in [0.05, 0.1) is 31.3 Å². The number of hydrogen-bond donors (Lipinski definition) is 1. The Bertz CT molecular complexity index is 1240. The molecule has 0 saturated carbocycles. The highest BCUT2D eigenvalue weighted by Gasteiger charge is 2.44. The van der Waals surface area contributed by atoms with Crippen molar-refractivity contribution in [1.82, 2.24) is 0 Å². The molecule has 0 unspecified atom stereocenters. The highest BCUT2D eigenvalue weighted by molar-refractivity contribution is 9.10. The number of rotatable bonds is 7. The summed E-state index contributed by atoms with van der Waals surface area (Å²) in [6.07, 6.45) is 0.564. The van der Waals surface area contributed by atoms with Crippen LogP contribution in [0.25, 0.3) is 0 Å². The van der Waals surface area contributed by atoms with E-state index >= 15 is 0 Å². The second-order valence-electron chi connectivity index (χ2n) is 11.0. The topological polar surface area (TPSA) is 82.1 Å². The van der Waals surface area contributed by atoms with Crippen molar-refractivity contribution in [3.63, 3.8) is 0 Å². The van der Waals surface area contributed by atoms with Crippen molar-refractivity contribution in [2.24, 2.45) is 11.8 Å². The Morgan fingerprint density at radius 3 is 2.12 bits per heavy atom. The molecule has 6 nitrogen and oxygen atoms in total. The van der Waals surface area contributed by atoms with Gasteiger partial charge in [0.1, 0.15) is 16.5 Å². The molecular formula is C34H41BrO6. The average Bonchev–Trinajstić information content (AvgIpc) is 2.97. The van der Waals surface area contributed by atoms with Gasteiger partial charge in [-0.25, -0.2) is 0 Å². The fourth-order valence-electron chi connectivity index (χ4n) is 4.86. The van der Waals surface area contributed by atoms with Crippen LogP contribution < -0.4 is 0 Å². The number of esters is 1. The lowest BCUT2D eigenvalue weighted by atomic mass is 9.83. The molecule has 3 rings (SSSR count). The van der Waals surface area contributed by atoms with E-state index in [9.17, 15) is 14.7 Å². The highest BCUT2D eigenvalue weighted by atomic mass is 79.9. The standard InChI is InChI=1S/C34H41BrO6/c1-6-28-23(2)14-13-19-29(39-21-26-15-9-7-10-16-26)24(3)20-34(5,38)32(36)30(35)31(25(4)33(37)41-28)40-22-27-17-11-8-12-18-27/h7-12,15-19,24-25,28-31,38H,6,20-22H2,1-5H3/t24-,25-,28-,29-,30-,31-,34-/m1/s1. The quantitative estimate of drug-likeness (QED) is 0.215. The zero-order valence-corrected chi connectivity index (χ0v) is 26.1. The Morgan fingerprint density at radius 2 is 1.56 bits per heavy atom. The zero-order valence-electron chi connectivity index (χ0n) is 24.5. The molecule has 0 amide bonds. The van der Waals surface area contributed by atoms with Gasteiger partial charge in [-0.2, -0.15) is 0 Å². The maximum atomic E-state index is 13.8. The predicted molar refractivity (Wildman–Crippen MR) is 162 cm³/mol. The summed E-state index contributed by atoms with van der Waals surface area (Å²) in [4.78, 5) is 26.1. The van der Waals surface area contributed by atoms with Crippen molar-refractivity contribution in [1.29, 1.82) is 0 Å². The fourth-order valence-corrected chi connectivity index (χ4v) is 5.96. The number of benzene rings is 2. The maximum absolute atomic E-state index is 13.8. The molecule has 0 saturated heterocycles. The van der Waals surface area contributed by atoms with Crippen molar-refractivity contribution in [2.45, 2.75) is 89.4 Å². The summed E-state index contributed by atoms with van der Waals surface area (Å²) >= 11 is 3.51. The third-order valence-corrected chi connectivity index (χ3v) is 8.35. The number of ketones is 1. The molecule has 0 fully saturated rings. The number of carbonyl (C=O) groups excluding carboxylic acids is 2. The lowest BCUT2D eigenvalue weighted by Gasteiger charge is -2.34. The second kappa shape index (κ2) is 15.5. The Labute approximate surface area is 252 Å². The third kappa shape index (κ3) is 9.37. The molecule has 1 heterocycles. The SMILES string of the molecule is CC[C@H]1OC(=O)[C@H](C)[C@@H](OCc2ccccc2)[C@@H](Br)C(=O)[C@](C)(O)C[C@@H](C)[C@H](OCc2ccccc2)C=C=C=C1C. The van der Waals surface area contributed by atoms with Crippen LogP contribution in [-0.2, 0) is 37.0 Å². The van der Waals surface area contributed by atoms with Gasteiger partial charge in [0.25, 0.3) is 0 Å². The van der Waals surface area contributed by atoms with Crippen LogP contribution in [0, 0.1) is 11.8 Å². The summed E-state index contributed by atoms with van der Waals surface area (Å²) in [6, 6.07) is 19.3. The van der Waals surface area contributed by atoms with Gasteiger partial charge < -0.3 is 19.3 Å². The molecule has 0 radical (unpaired) electrons. The van der Waals surface area contributed by atoms with Crippen molar-refractivity contribution in [3.05, 3.63) is 94.9 Å². The van der Waals surface area contributed by atoms with E-state index in [2.05, 4.69) is 27.4 Å². The molecule has 0 aromatic heterocycles. The van der Waals surface area contributed by atoms with Gasteiger partial charge in [-0.3, -0.25) is 9.59 Å². The second-order valence-corrected chi connectivity index (χ2v) is 12.0. The minimum atomic E-state index is -1.73. The van der Waals surface area contributed by atoms with E-state index in [-0.39, 0.29) is 18.9 Å². The molecule has 7 atom stereocenters. The van der Waals surface area contributed by atoms with E-state index in [4.69, 9.17) is 14.2 Å². The number of aliphatic hydroxyl groups is 1. The third-order valence-electron chi connectivity index (χ3n) is 7.41. The van der Waals surface area contributed by atoms with Crippen LogP contribution in [0.2, 0.25) is 0 Å². The minimum Gasteiger partial charge on any atom is -0.457 e. The molecule has 0 bridgehead atoms. The molecule has 0 spiro atoms. The van der Waals surface area contributed by atoms with Crippen LogP contribution in [0.1, 0.15) is 58.6 Å². The maximum Gasteiger partial charge on any atom is 0.311 e. The van der Waals surface area contributed by atoms with Gasteiger partial charge in [-0.05, 0) is 56.7 Å². The largest absolute Gasteiger partial charge is 0.457 e. The normalized spacial score (nSPS) is 29.8. The first-order valence-corrected chi connectivity index (χ1v) is 15.1. The number of cyclic esters (lactones) is 1. The molecular weight excluding hydrogens is 584 g/mol. The van der Waals surface area contributed by atoms with E-state index in [0.717, 1.165) is 11.1 Å². The number of carbonyl (C=O) groups is 2.